The summed E-state index contributed by atoms with van der Waals surface area (Å²) in [6.45, 7) is 7.61. The molecule has 0 atom stereocenters. The first-order valence-electron chi connectivity index (χ1n) is 9.82. The fourth-order valence-corrected chi connectivity index (χ4v) is 4.08. The Labute approximate surface area is 175 Å². The summed E-state index contributed by atoms with van der Waals surface area (Å²) in [5, 5.41) is 1.16. The van der Waals surface area contributed by atoms with Crippen LogP contribution < -0.4 is 5.56 Å². The minimum Gasteiger partial charge on any atom is -0.382 e. The van der Waals surface area contributed by atoms with Crippen LogP contribution in [0.25, 0.3) is 10.9 Å². The molecule has 0 radical (unpaired) electrons. The van der Waals surface area contributed by atoms with Gasteiger partial charge >= 0.3 is 0 Å². The average Bonchev–Trinajstić information content (AvgIpc) is 2.72. The van der Waals surface area contributed by atoms with Crippen LogP contribution in [0.2, 0.25) is 0 Å². The van der Waals surface area contributed by atoms with Gasteiger partial charge in [0, 0.05) is 25.3 Å². The van der Waals surface area contributed by atoms with E-state index >= 15 is 0 Å². The zero-order valence-corrected chi connectivity index (χ0v) is 17.9. The highest BCUT2D eigenvalue weighted by molar-refractivity contribution is 7.99. The van der Waals surface area contributed by atoms with Crippen molar-refractivity contribution in [3.05, 3.63) is 69.5 Å². The van der Waals surface area contributed by atoms with Crippen LogP contribution in [0.15, 0.2) is 52.4 Å². The van der Waals surface area contributed by atoms with E-state index in [0.717, 1.165) is 16.7 Å². The van der Waals surface area contributed by atoms with Crippen molar-refractivity contribution in [2.45, 2.75) is 38.9 Å². The zero-order chi connectivity index (χ0) is 20.8. The highest BCUT2D eigenvalue weighted by Gasteiger charge is 2.15. The molecular formula is C23H26N2O3S. The summed E-state index contributed by atoms with van der Waals surface area (Å²) in [5.74, 6) is 0.278. The number of hydrogen-bond acceptors (Lipinski definition) is 5. The lowest BCUT2D eigenvalue weighted by molar-refractivity contribution is 0.102. The van der Waals surface area contributed by atoms with Gasteiger partial charge < -0.3 is 4.74 Å². The van der Waals surface area contributed by atoms with Gasteiger partial charge in [0.25, 0.3) is 5.56 Å². The van der Waals surface area contributed by atoms with Gasteiger partial charge in [-0.2, -0.15) is 0 Å². The molecule has 0 fully saturated rings. The van der Waals surface area contributed by atoms with Crippen molar-refractivity contribution in [3.63, 3.8) is 0 Å². The Morgan fingerprint density at radius 3 is 2.76 bits per heavy atom. The van der Waals surface area contributed by atoms with Crippen molar-refractivity contribution >= 4 is 28.4 Å². The number of fused-ring (bicyclic) bond motifs is 1. The minimum atomic E-state index is -0.0752. The van der Waals surface area contributed by atoms with E-state index in [1.54, 1.807) is 10.6 Å². The number of para-hydroxylation sites is 1. The maximum Gasteiger partial charge on any atom is 0.262 e. The molecular weight excluding hydrogens is 384 g/mol. The summed E-state index contributed by atoms with van der Waals surface area (Å²) in [6.07, 6.45) is 0.715. The van der Waals surface area contributed by atoms with Crippen LogP contribution in [-0.2, 0) is 11.3 Å². The van der Waals surface area contributed by atoms with E-state index in [1.807, 2.05) is 57.2 Å². The number of ketones is 1. The van der Waals surface area contributed by atoms with Crippen LogP contribution in [0, 0.1) is 13.8 Å². The Hall–Kier alpha value is -2.44. The number of nitrogens with zero attached hydrogens (tertiary/aromatic N) is 2. The highest BCUT2D eigenvalue weighted by atomic mass is 32.2. The summed E-state index contributed by atoms with van der Waals surface area (Å²) >= 11 is 1.32. The maximum absolute atomic E-state index is 13.0. The molecule has 152 valence electrons. The molecule has 0 bridgehead atoms. The fraction of sp³-hybridized carbons (Fsp3) is 0.348. The SMILES string of the molecule is CCOCCCn1c(SCC(=O)c2cc(C)ccc2C)nc2ccccc2c1=O. The number of thioether (sulfide) groups is 1. The molecule has 3 aromatic rings. The second kappa shape index (κ2) is 9.85. The lowest BCUT2D eigenvalue weighted by atomic mass is 10.0. The predicted molar refractivity (Wildman–Crippen MR) is 118 cm³/mol. The molecule has 3 rings (SSSR count). The summed E-state index contributed by atoms with van der Waals surface area (Å²) in [7, 11) is 0. The number of ether oxygens (including phenoxy) is 1. The van der Waals surface area contributed by atoms with E-state index in [1.165, 1.54) is 11.8 Å². The molecule has 0 saturated heterocycles. The van der Waals surface area contributed by atoms with Gasteiger partial charge in [-0.3, -0.25) is 14.2 Å². The lowest BCUT2D eigenvalue weighted by Crippen LogP contribution is -2.24. The Morgan fingerprint density at radius 2 is 1.97 bits per heavy atom. The summed E-state index contributed by atoms with van der Waals surface area (Å²) in [4.78, 5) is 30.5. The maximum atomic E-state index is 13.0. The molecule has 0 aliphatic heterocycles. The molecule has 0 aliphatic carbocycles. The van der Waals surface area contributed by atoms with Gasteiger partial charge in [-0.1, -0.05) is 41.6 Å². The third kappa shape index (κ3) is 5.14. The zero-order valence-electron chi connectivity index (χ0n) is 17.1. The van der Waals surface area contributed by atoms with E-state index in [9.17, 15) is 9.59 Å². The molecule has 5 nitrogen and oxygen atoms in total. The third-order valence-electron chi connectivity index (χ3n) is 4.73. The van der Waals surface area contributed by atoms with Crippen molar-refractivity contribution in [2.75, 3.05) is 19.0 Å². The van der Waals surface area contributed by atoms with Gasteiger partial charge in [-0.15, -0.1) is 0 Å². The Kier molecular flexibility index (Phi) is 7.23. The first kappa shape index (κ1) is 21.3. The van der Waals surface area contributed by atoms with Gasteiger partial charge in [0.1, 0.15) is 0 Å². The normalized spacial score (nSPS) is 11.1. The quantitative estimate of drug-likeness (QED) is 0.226. The van der Waals surface area contributed by atoms with Gasteiger partial charge in [0.15, 0.2) is 10.9 Å². The van der Waals surface area contributed by atoms with Crippen LogP contribution in [0.5, 0.6) is 0 Å². The topological polar surface area (TPSA) is 61.2 Å². The number of carbonyl (C=O) groups is 1. The molecule has 2 aromatic carbocycles. The van der Waals surface area contributed by atoms with E-state index in [0.29, 0.717) is 42.2 Å². The van der Waals surface area contributed by atoms with Crippen LogP contribution >= 0.6 is 11.8 Å². The Balaban J connectivity index is 1.87. The highest BCUT2D eigenvalue weighted by Crippen LogP contribution is 2.21. The van der Waals surface area contributed by atoms with Crippen LogP contribution in [0.1, 0.15) is 34.8 Å². The monoisotopic (exact) mass is 410 g/mol. The molecule has 0 saturated carbocycles. The molecule has 0 unspecified atom stereocenters. The lowest BCUT2D eigenvalue weighted by Gasteiger charge is -2.13. The first-order chi connectivity index (χ1) is 14.0. The summed E-state index contributed by atoms with van der Waals surface area (Å²) < 4.78 is 7.08. The number of carbonyl (C=O) groups excluding carboxylic acids is 1. The smallest absolute Gasteiger partial charge is 0.262 e. The second-order valence-electron chi connectivity index (χ2n) is 6.95. The van der Waals surface area contributed by atoms with Crippen molar-refractivity contribution in [1.82, 2.24) is 9.55 Å². The standard InChI is InChI=1S/C23H26N2O3S/c1-4-28-13-7-12-25-22(27)18-8-5-6-9-20(18)24-23(25)29-15-21(26)19-14-16(2)10-11-17(19)3/h5-6,8-11,14H,4,7,12-13,15H2,1-3H3. The van der Waals surface area contributed by atoms with E-state index in [4.69, 9.17) is 4.74 Å². The van der Waals surface area contributed by atoms with Crippen molar-refractivity contribution < 1.29 is 9.53 Å². The van der Waals surface area contributed by atoms with Crippen LogP contribution in [-0.4, -0.2) is 34.3 Å². The summed E-state index contributed by atoms with van der Waals surface area (Å²) in [6, 6.07) is 13.2. The number of Topliss-reactive ketones (excluding diaryl/α,β-unsaturated/α-hetero) is 1. The second-order valence-corrected chi connectivity index (χ2v) is 7.89. The summed E-state index contributed by atoms with van der Waals surface area (Å²) in [5.41, 5.74) is 3.32. The molecule has 0 aliphatic rings. The molecule has 1 heterocycles. The van der Waals surface area contributed by atoms with E-state index < -0.39 is 0 Å². The molecule has 0 N–H and O–H groups in total. The number of aromatic nitrogens is 2. The van der Waals surface area contributed by atoms with E-state index in [2.05, 4.69) is 4.98 Å². The van der Waals surface area contributed by atoms with Crippen molar-refractivity contribution in [1.29, 1.82) is 0 Å². The molecule has 1 aromatic heterocycles. The van der Waals surface area contributed by atoms with Crippen LogP contribution in [0.3, 0.4) is 0 Å². The predicted octanol–water partition coefficient (Wildman–Crippen LogP) is 4.41. The minimum absolute atomic E-state index is 0.0412. The van der Waals surface area contributed by atoms with Gasteiger partial charge in [0.2, 0.25) is 0 Å². The molecule has 29 heavy (non-hydrogen) atoms. The first-order valence-corrected chi connectivity index (χ1v) is 10.8. The van der Waals surface area contributed by atoms with Crippen molar-refractivity contribution in [2.24, 2.45) is 0 Å². The largest absolute Gasteiger partial charge is 0.382 e. The molecule has 0 spiro atoms. The van der Waals surface area contributed by atoms with Gasteiger partial charge in [0.05, 0.1) is 16.7 Å². The number of aryl methyl sites for hydroxylation is 2. The molecule has 6 heteroatoms. The number of benzene rings is 2. The number of hydrogen-bond donors (Lipinski definition) is 0. The van der Waals surface area contributed by atoms with Crippen molar-refractivity contribution in [3.8, 4) is 0 Å². The van der Waals surface area contributed by atoms with Crippen LogP contribution in [0.4, 0.5) is 0 Å². The van der Waals surface area contributed by atoms with Gasteiger partial charge in [-0.05, 0) is 51.0 Å². The van der Waals surface area contributed by atoms with E-state index in [-0.39, 0.29) is 17.1 Å². The van der Waals surface area contributed by atoms with Gasteiger partial charge in [-0.25, -0.2) is 4.98 Å². The third-order valence-corrected chi connectivity index (χ3v) is 5.70. The number of rotatable bonds is 9. The fourth-order valence-electron chi connectivity index (χ4n) is 3.17. The molecule has 0 amide bonds. The average molecular weight is 411 g/mol. The Morgan fingerprint density at radius 1 is 1.17 bits per heavy atom. The Bertz CT molecular complexity index is 1080.